The first-order valence-electron chi connectivity index (χ1n) is 5.62. The summed E-state index contributed by atoms with van der Waals surface area (Å²) in [5, 5.41) is 10.4. The molecule has 1 heterocycles. The van der Waals surface area contributed by atoms with Crippen LogP contribution < -0.4 is 5.73 Å². The fourth-order valence-electron chi connectivity index (χ4n) is 2.27. The van der Waals surface area contributed by atoms with E-state index in [1.807, 2.05) is 6.07 Å². The SMILES string of the molecule is NCC1CCCN1Cc1cc(Cl)ccc1O. The van der Waals surface area contributed by atoms with Gasteiger partial charge in [-0.15, -0.1) is 0 Å². The van der Waals surface area contributed by atoms with Gasteiger partial charge in [0, 0.05) is 29.7 Å². The number of aromatic hydroxyl groups is 1. The van der Waals surface area contributed by atoms with Gasteiger partial charge in [-0.1, -0.05) is 11.6 Å². The smallest absolute Gasteiger partial charge is 0.120 e. The van der Waals surface area contributed by atoms with Gasteiger partial charge in [-0.2, -0.15) is 0 Å². The Balaban J connectivity index is 2.11. The van der Waals surface area contributed by atoms with E-state index >= 15 is 0 Å². The molecule has 1 unspecified atom stereocenters. The number of phenolic OH excluding ortho intramolecular Hbond substituents is 1. The van der Waals surface area contributed by atoms with Gasteiger partial charge in [0.25, 0.3) is 0 Å². The highest BCUT2D eigenvalue weighted by Crippen LogP contribution is 2.26. The summed E-state index contributed by atoms with van der Waals surface area (Å²) in [6.07, 6.45) is 2.33. The van der Waals surface area contributed by atoms with Crippen molar-refractivity contribution in [3.63, 3.8) is 0 Å². The third kappa shape index (κ3) is 2.48. The molecule has 0 radical (unpaired) electrons. The predicted octanol–water partition coefficient (Wildman–Crippen LogP) is 1.97. The van der Waals surface area contributed by atoms with Crippen molar-refractivity contribution < 1.29 is 5.11 Å². The predicted molar refractivity (Wildman–Crippen MR) is 65.6 cm³/mol. The lowest BCUT2D eigenvalue weighted by molar-refractivity contribution is 0.247. The molecule has 1 aliphatic rings. The molecule has 16 heavy (non-hydrogen) atoms. The van der Waals surface area contributed by atoms with Crippen LogP contribution in [0.4, 0.5) is 0 Å². The summed E-state index contributed by atoms with van der Waals surface area (Å²) in [5.41, 5.74) is 6.60. The average molecular weight is 241 g/mol. The Morgan fingerprint density at radius 3 is 3.06 bits per heavy atom. The van der Waals surface area contributed by atoms with Crippen molar-refractivity contribution in [1.29, 1.82) is 0 Å². The molecular weight excluding hydrogens is 224 g/mol. The Labute approximate surface area is 101 Å². The summed E-state index contributed by atoms with van der Waals surface area (Å²) >= 11 is 5.92. The van der Waals surface area contributed by atoms with Crippen LogP contribution in [-0.2, 0) is 6.54 Å². The molecule has 1 fully saturated rings. The Morgan fingerprint density at radius 1 is 1.50 bits per heavy atom. The summed E-state index contributed by atoms with van der Waals surface area (Å²) in [5.74, 6) is 0.312. The first-order chi connectivity index (χ1) is 7.70. The molecule has 4 heteroatoms. The van der Waals surface area contributed by atoms with Gasteiger partial charge in [-0.05, 0) is 37.6 Å². The molecule has 0 aromatic heterocycles. The molecule has 3 nitrogen and oxygen atoms in total. The number of hydrogen-bond acceptors (Lipinski definition) is 3. The van der Waals surface area contributed by atoms with Gasteiger partial charge < -0.3 is 10.8 Å². The maximum atomic E-state index is 9.74. The third-order valence-corrected chi connectivity index (χ3v) is 3.42. The normalized spacial score (nSPS) is 21.5. The third-order valence-electron chi connectivity index (χ3n) is 3.19. The van der Waals surface area contributed by atoms with Gasteiger partial charge in [0.2, 0.25) is 0 Å². The minimum Gasteiger partial charge on any atom is -0.508 e. The van der Waals surface area contributed by atoms with E-state index in [0.29, 0.717) is 23.4 Å². The molecule has 88 valence electrons. The maximum Gasteiger partial charge on any atom is 0.120 e. The second kappa shape index (κ2) is 5.04. The molecule has 0 aliphatic carbocycles. The van der Waals surface area contributed by atoms with E-state index in [0.717, 1.165) is 25.1 Å². The van der Waals surface area contributed by atoms with Crippen molar-refractivity contribution in [2.75, 3.05) is 13.1 Å². The fourth-order valence-corrected chi connectivity index (χ4v) is 2.46. The van der Waals surface area contributed by atoms with E-state index in [4.69, 9.17) is 17.3 Å². The van der Waals surface area contributed by atoms with Crippen LogP contribution >= 0.6 is 11.6 Å². The lowest BCUT2D eigenvalue weighted by Crippen LogP contribution is -2.34. The Morgan fingerprint density at radius 2 is 2.31 bits per heavy atom. The van der Waals surface area contributed by atoms with Crippen LogP contribution in [0.25, 0.3) is 0 Å². The average Bonchev–Trinajstić information content (AvgIpc) is 2.71. The molecule has 0 amide bonds. The molecule has 3 N–H and O–H groups in total. The van der Waals surface area contributed by atoms with Crippen LogP contribution in [0.15, 0.2) is 18.2 Å². The zero-order chi connectivity index (χ0) is 11.5. The number of benzene rings is 1. The van der Waals surface area contributed by atoms with Crippen LogP contribution in [0.2, 0.25) is 5.02 Å². The molecule has 0 saturated carbocycles. The van der Waals surface area contributed by atoms with E-state index in [1.165, 1.54) is 6.42 Å². The second-order valence-electron chi connectivity index (χ2n) is 4.28. The number of nitrogens with zero attached hydrogens (tertiary/aromatic N) is 1. The van der Waals surface area contributed by atoms with Gasteiger partial charge in [0.05, 0.1) is 0 Å². The molecule has 1 aromatic rings. The van der Waals surface area contributed by atoms with Crippen LogP contribution in [0.1, 0.15) is 18.4 Å². The van der Waals surface area contributed by atoms with Gasteiger partial charge in [-0.25, -0.2) is 0 Å². The second-order valence-corrected chi connectivity index (χ2v) is 4.71. The summed E-state index contributed by atoms with van der Waals surface area (Å²) in [6.45, 7) is 2.46. The molecule has 0 bridgehead atoms. The van der Waals surface area contributed by atoms with Crippen LogP contribution in [0, 0.1) is 0 Å². The number of halogens is 1. The minimum atomic E-state index is 0.312. The van der Waals surface area contributed by atoms with Gasteiger partial charge in [-0.3, -0.25) is 4.90 Å². The largest absolute Gasteiger partial charge is 0.508 e. The monoisotopic (exact) mass is 240 g/mol. The Kier molecular flexibility index (Phi) is 3.69. The number of likely N-dealkylation sites (tertiary alicyclic amines) is 1. The van der Waals surface area contributed by atoms with Crippen molar-refractivity contribution in [2.24, 2.45) is 5.73 Å². The van der Waals surface area contributed by atoms with Crippen LogP contribution in [0.5, 0.6) is 5.75 Å². The first kappa shape index (κ1) is 11.7. The van der Waals surface area contributed by atoms with Crippen LogP contribution in [0.3, 0.4) is 0 Å². The van der Waals surface area contributed by atoms with E-state index < -0.39 is 0 Å². The summed E-state index contributed by atoms with van der Waals surface area (Å²) < 4.78 is 0. The summed E-state index contributed by atoms with van der Waals surface area (Å²) in [7, 11) is 0. The number of phenols is 1. The molecule has 1 atom stereocenters. The van der Waals surface area contributed by atoms with Crippen molar-refractivity contribution in [3.8, 4) is 5.75 Å². The quantitative estimate of drug-likeness (QED) is 0.849. The zero-order valence-corrected chi connectivity index (χ0v) is 9.95. The molecule has 1 aromatic carbocycles. The molecule has 1 saturated heterocycles. The number of nitrogens with two attached hydrogens (primary N) is 1. The van der Waals surface area contributed by atoms with Crippen molar-refractivity contribution in [2.45, 2.75) is 25.4 Å². The molecule has 1 aliphatic heterocycles. The molecule has 0 spiro atoms. The fraction of sp³-hybridized carbons (Fsp3) is 0.500. The first-order valence-corrected chi connectivity index (χ1v) is 6.00. The minimum absolute atomic E-state index is 0.312. The topological polar surface area (TPSA) is 49.5 Å². The van der Waals surface area contributed by atoms with Crippen LogP contribution in [-0.4, -0.2) is 29.1 Å². The summed E-state index contributed by atoms with van der Waals surface area (Å²) in [4.78, 5) is 2.31. The Hall–Kier alpha value is -0.770. The highest BCUT2D eigenvalue weighted by Gasteiger charge is 2.23. The zero-order valence-electron chi connectivity index (χ0n) is 9.19. The van der Waals surface area contributed by atoms with E-state index in [2.05, 4.69) is 4.90 Å². The lowest BCUT2D eigenvalue weighted by atomic mass is 10.1. The lowest BCUT2D eigenvalue weighted by Gasteiger charge is -2.23. The molecular formula is C12H17ClN2O. The van der Waals surface area contributed by atoms with Gasteiger partial charge in [0.1, 0.15) is 5.75 Å². The van der Waals surface area contributed by atoms with E-state index in [1.54, 1.807) is 12.1 Å². The highest BCUT2D eigenvalue weighted by molar-refractivity contribution is 6.30. The number of rotatable bonds is 3. The van der Waals surface area contributed by atoms with Gasteiger partial charge in [0.15, 0.2) is 0 Å². The van der Waals surface area contributed by atoms with E-state index in [-0.39, 0.29) is 0 Å². The van der Waals surface area contributed by atoms with Crippen molar-refractivity contribution in [1.82, 2.24) is 4.90 Å². The van der Waals surface area contributed by atoms with Crippen molar-refractivity contribution in [3.05, 3.63) is 28.8 Å². The Bertz CT molecular complexity index is 370. The number of hydrogen-bond donors (Lipinski definition) is 2. The van der Waals surface area contributed by atoms with Crippen molar-refractivity contribution >= 4 is 11.6 Å². The molecule has 2 rings (SSSR count). The van der Waals surface area contributed by atoms with Gasteiger partial charge >= 0.3 is 0 Å². The maximum absolute atomic E-state index is 9.74. The van der Waals surface area contributed by atoms with E-state index in [9.17, 15) is 5.11 Å². The highest BCUT2D eigenvalue weighted by atomic mass is 35.5. The summed E-state index contributed by atoms with van der Waals surface area (Å²) in [6, 6.07) is 5.61. The standard InChI is InChI=1S/C12H17ClN2O/c13-10-3-4-12(16)9(6-10)8-15-5-1-2-11(15)7-14/h3-4,6,11,16H,1-2,5,7-8,14H2.